The first kappa shape index (κ1) is 13.2. The molecule has 2 heterocycles. The minimum absolute atomic E-state index is 0.117. The van der Waals surface area contributed by atoms with E-state index in [1.54, 1.807) is 6.07 Å². The van der Waals surface area contributed by atoms with E-state index < -0.39 is 12.0 Å². The third kappa shape index (κ3) is 3.14. The SMILES string of the molecule is NC(=O)Nn1c(CCC(=O)[O-])ccc1-c1cccs1. The molecule has 19 heavy (non-hydrogen) atoms. The number of rotatable bonds is 5. The molecule has 0 saturated carbocycles. The number of thiophene rings is 1. The molecule has 0 radical (unpaired) electrons. The predicted octanol–water partition coefficient (Wildman–Crippen LogP) is 0.521. The molecule has 0 unspecified atom stereocenters. The molecule has 0 bridgehead atoms. The van der Waals surface area contributed by atoms with Gasteiger partial charge in [0.05, 0.1) is 10.6 Å². The third-order valence-corrected chi connectivity index (χ3v) is 3.43. The maximum atomic E-state index is 11.0. The fourth-order valence-corrected chi connectivity index (χ4v) is 2.50. The Balaban J connectivity index is 2.33. The van der Waals surface area contributed by atoms with E-state index in [2.05, 4.69) is 5.43 Å². The monoisotopic (exact) mass is 278 g/mol. The van der Waals surface area contributed by atoms with E-state index in [9.17, 15) is 14.7 Å². The molecule has 0 aliphatic heterocycles. The van der Waals surface area contributed by atoms with Gasteiger partial charge < -0.3 is 15.6 Å². The summed E-state index contributed by atoms with van der Waals surface area (Å²) in [6.07, 6.45) is 0.141. The van der Waals surface area contributed by atoms with Crippen LogP contribution in [0.1, 0.15) is 12.1 Å². The lowest BCUT2D eigenvalue weighted by Crippen LogP contribution is -2.30. The Morgan fingerprint density at radius 2 is 2.16 bits per heavy atom. The number of carboxylic acid groups (broad SMARTS) is 1. The van der Waals surface area contributed by atoms with E-state index >= 15 is 0 Å². The number of aryl methyl sites for hydroxylation is 1. The number of carbonyl (C=O) groups is 2. The van der Waals surface area contributed by atoms with E-state index in [1.165, 1.54) is 16.0 Å². The van der Waals surface area contributed by atoms with Gasteiger partial charge >= 0.3 is 6.03 Å². The van der Waals surface area contributed by atoms with Crippen molar-refractivity contribution < 1.29 is 14.7 Å². The van der Waals surface area contributed by atoms with Crippen LogP contribution in [0.3, 0.4) is 0 Å². The average Bonchev–Trinajstić information content (AvgIpc) is 2.94. The Labute approximate surface area is 113 Å². The van der Waals surface area contributed by atoms with E-state index in [4.69, 9.17) is 5.73 Å². The Morgan fingerprint density at radius 1 is 1.37 bits per heavy atom. The van der Waals surface area contributed by atoms with Gasteiger partial charge in [0.15, 0.2) is 0 Å². The van der Waals surface area contributed by atoms with Crippen molar-refractivity contribution >= 4 is 23.3 Å². The van der Waals surface area contributed by atoms with Crippen LogP contribution in [-0.2, 0) is 11.2 Å². The van der Waals surface area contributed by atoms with Crippen LogP contribution >= 0.6 is 11.3 Å². The number of hydrogen-bond donors (Lipinski definition) is 2. The number of carbonyl (C=O) groups excluding carboxylic acids is 2. The molecule has 2 aromatic heterocycles. The minimum atomic E-state index is -1.13. The number of hydrogen-bond acceptors (Lipinski definition) is 4. The molecule has 2 aromatic rings. The third-order valence-electron chi connectivity index (χ3n) is 2.54. The first-order valence-corrected chi connectivity index (χ1v) is 6.46. The molecule has 7 heteroatoms. The molecule has 6 nitrogen and oxygen atoms in total. The second-order valence-corrected chi connectivity index (χ2v) is 4.82. The smallest absolute Gasteiger partial charge is 0.331 e. The quantitative estimate of drug-likeness (QED) is 0.833. The molecule has 0 aliphatic carbocycles. The lowest BCUT2D eigenvalue weighted by atomic mass is 10.2. The van der Waals surface area contributed by atoms with Gasteiger partial charge in [0, 0.05) is 11.7 Å². The van der Waals surface area contributed by atoms with Gasteiger partial charge in [-0.15, -0.1) is 11.3 Å². The maximum Gasteiger partial charge on any atom is 0.331 e. The highest BCUT2D eigenvalue weighted by Crippen LogP contribution is 2.26. The molecule has 0 fully saturated rings. The van der Waals surface area contributed by atoms with Crippen LogP contribution in [-0.4, -0.2) is 16.7 Å². The number of primary amides is 1. The molecule has 0 saturated heterocycles. The molecule has 100 valence electrons. The zero-order valence-corrected chi connectivity index (χ0v) is 10.8. The second-order valence-electron chi connectivity index (χ2n) is 3.87. The Morgan fingerprint density at radius 3 is 2.74 bits per heavy atom. The summed E-state index contributed by atoms with van der Waals surface area (Å²) in [6.45, 7) is 0. The Hall–Kier alpha value is -2.28. The van der Waals surface area contributed by atoms with Gasteiger partial charge in [0.25, 0.3) is 0 Å². The standard InChI is InChI=1S/C12H13N3O3S/c13-12(18)14-15-8(4-6-11(16)17)3-5-9(15)10-2-1-7-19-10/h1-3,5,7H,4,6H2,(H,16,17)(H3,13,14,18)/p-1. The van der Waals surface area contributed by atoms with Crippen LogP contribution in [0, 0.1) is 0 Å². The molecule has 0 aliphatic rings. The largest absolute Gasteiger partial charge is 0.550 e. The predicted molar refractivity (Wildman–Crippen MR) is 70.0 cm³/mol. The van der Waals surface area contributed by atoms with E-state index in [1.807, 2.05) is 23.6 Å². The lowest BCUT2D eigenvalue weighted by molar-refractivity contribution is -0.305. The van der Waals surface area contributed by atoms with Gasteiger partial charge in [-0.1, -0.05) is 6.07 Å². The molecule has 0 atom stereocenters. The van der Waals surface area contributed by atoms with Crippen LogP contribution in [0.25, 0.3) is 10.6 Å². The molecule has 0 aromatic carbocycles. The van der Waals surface area contributed by atoms with Gasteiger partial charge in [-0.05, 0) is 36.4 Å². The Kier molecular flexibility index (Phi) is 3.86. The van der Waals surface area contributed by atoms with Crippen LogP contribution in [0.2, 0.25) is 0 Å². The van der Waals surface area contributed by atoms with E-state index in [-0.39, 0.29) is 12.8 Å². The van der Waals surface area contributed by atoms with Crippen molar-refractivity contribution in [1.82, 2.24) is 4.68 Å². The zero-order valence-electron chi connectivity index (χ0n) is 9.96. The van der Waals surface area contributed by atoms with Crippen molar-refractivity contribution in [3.63, 3.8) is 0 Å². The van der Waals surface area contributed by atoms with Crippen molar-refractivity contribution in [2.24, 2.45) is 5.73 Å². The van der Waals surface area contributed by atoms with Gasteiger partial charge in [-0.3, -0.25) is 4.68 Å². The highest BCUT2D eigenvalue weighted by atomic mass is 32.1. The normalized spacial score (nSPS) is 10.3. The summed E-state index contributed by atoms with van der Waals surface area (Å²) in [5, 5.41) is 12.4. The van der Waals surface area contributed by atoms with Gasteiger partial charge in [0.1, 0.15) is 0 Å². The maximum absolute atomic E-state index is 11.0. The molecule has 2 amide bonds. The summed E-state index contributed by atoms with van der Waals surface area (Å²) in [4.78, 5) is 22.5. The molecular weight excluding hydrogens is 266 g/mol. The average molecular weight is 278 g/mol. The fraction of sp³-hybridized carbons (Fsp3) is 0.167. The molecule has 0 spiro atoms. The summed E-state index contributed by atoms with van der Waals surface area (Å²) in [6, 6.07) is 6.66. The summed E-state index contributed by atoms with van der Waals surface area (Å²) in [5.74, 6) is -1.13. The number of nitrogens with two attached hydrogens (primary N) is 1. The number of aliphatic carboxylic acids is 1. The minimum Gasteiger partial charge on any atom is -0.550 e. The number of nitrogens with one attached hydrogen (secondary N) is 1. The first-order valence-electron chi connectivity index (χ1n) is 5.58. The van der Waals surface area contributed by atoms with E-state index in [0.717, 1.165) is 10.6 Å². The number of nitrogens with zero attached hydrogens (tertiary/aromatic N) is 1. The zero-order chi connectivity index (χ0) is 13.8. The number of amides is 2. The van der Waals surface area contributed by atoms with Crippen LogP contribution < -0.4 is 16.3 Å². The van der Waals surface area contributed by atoms with Crippen LogP contribution in [0.5, 0.6) is 0 Å². The number of aromatic nitrogens is 1. The lowest BCUT2D eigenvalue weighted by Gasteiger charge is -2.12. The summed E-state index contributed by atoms with van der Waals surface area (Å²) < 4.78 is 1.51. The topological polar surface area (TPSA) is 100 Å². The molecule has 3 N–H and O–H groups in total. The fourth-order valence-electron chi connectivity index (χ4n) is 1.76. The Bertz CT molecular complexity index is 589. The first-order chi connectivity index (χ1) is 9.08. The van der Waals surface area contributed by atoms with Gasteiger partial charge in [-0.25, -0.2) is 10.2 Å². The van der Waals surface area contributed by atoms with Gasteiger partial charge in [0.2, 0.25) is 0 Å². The van der Waals surface area contributed by atoms with Gasteiger partial charge in [-0.2, -0.15) is 0 Å². The van der Waals surface area contributed by atoms with E-state index in [0.29, 0.717) is 5.69 Å². The molecular formula is C12H12N3O3S-. The highest BCUT2D eigenvalue weighted by molar-refractivity contribution is 7.13. The van der Waals surface area contributed by atoms with Crippen molar-refractivity contribution in [2.75, 3.05) is 5.43 Å². The number of carboxylic acids is 1. The van der Waals surface area contributed by atoms with Crippen molar-refractivity contribution in [3.8, 4) is 10.6 Å². The molecule has 2 rings (SSSR count). The highest BCUT2D eigenvalue weighted by Gasteiger charge is 2.12. The van der Waals surface area contributed by atoms with Crippen molar-refractivity contribution in [3.05, 3.63) is 35.3 Å². The second kappa shape index (κ2) is 5.57. The summed E-state index contributed by atoms with van der Waals surface area (Å²) in [5.41, 5.74) is 9.04. The number of urea groups is 1. The summed E-state index contributed by atoms with van der Waals surface area (Å²) >= 11 is 1.51. The van der Waals surface area contributed by atoms with Crippen LogP contribution in [0.4, 0.5) is 4.79 Å². The summed E-state index contributed by atoms with van der Waals surface area (Å²) in [7, 11) is 0. The van der Waals surface area contributed by atoms with Crippen molar-refractivity contribution in [2.45, 2.75) is 12.8 Å². The van der Waals surface area contributed by atoms with Crippen molar-refractivity contribution in [1.29, 1.82) is 0 Å². The van der Waals surface area contributed by atoms with Crippen LogP contribution in [0.15, 0.2) is 29.6 Å².